The molecule has 8 nitrogen and oxygen atoms in total. The Hall–Kier alpha value is -1.83. The number of nitrogens with zero attached hydrogens (tertiary/aromatic N) is 1. The molecule has 1 heterocycles. The number of urea groups is 1. The lowest BCUT2D eigenvalue weighted by molar-refractivity contribution is -0.140. The first-order valence-corrected chi connectivity index (χ1v) is 5.65. The summed E-state index contributed by atoms with van der Waals surface area (Å²) in [5.74, 6) is -2.06. The summed E-state index contributed by atoms with van der Waals surface area (Å²) in [7, 11) is 0. The molecule has 1 aliphatic heterocycles. The zero-order valence-corrected chi connectivity index (χ0v) is 9.92. The van der Waals surface area contributed by atoms with E-state index in [1.54, 1.807) is 0 Å². The third-order valence-corrected chi connectivity index (χ3v) is 2.51. The van der Waals surface area contributed by atoms with Crippen LogP contribution >= 0.6 is 0 Å². The van der Waals surface area contributed by atoms with Gasteiger partial charge in [0.25, 0.3) is 0 Å². The summed E-state index contributed by atoms with van der Waals surface area (Å²) in [6, 6.07) is -1.81. The molecule has 0 radical (unpaired) electrons. The Labute approximate surface area is 104 Å². The molecule has 3 amide bonds. The normalized spacial score (nSPS) is 17.7. The van der Waals surface area contributed by atoms with Crippen molar-refractivity contribution >= 4 is 17.9 Å². The van der Waals surface area contributed by atoms with E-state index in [0.29, 0.717) is 32.7 Å². The summed E-state index contributed by atoms with van der Waals surface area (Å²) in [5.41, 5.74) is 4.92. The van der Waals surface area contributed by atoms with Crippen LogP contribution in [0.5, 0.6) is 0 Å². The van der Waals surface area contributed by atoms with Gasteiger partial charge in [0.2, 0.25) is 5.91 Å². The fraction of sp³-hybridized carbons (Fsp3) is 0.700. The number of amides is 3. The van der Waals surface area contributed by atoms with E-state index >= 15 is 0 Å². The zero-order valence-electron chi connectivity index (χ0n) is 9.92. The standard InChI is InChI=1S/C10H17N3O5/c11-8(14)6-7(9(15)16)12-10(17)13-2-1-4-18-5-3-13/h7H,1-6H2,(H2,11,14)(H,12,17)(H,15,16). The van der Waals surface area contributed by atoms with Crippen molar-refractivity contribution in [1.82, 2.24) is 10.2 Å². The van der Waals surface area contributed by atoms with Crippen molar-refractivity contribution in [2.75, 3.05) is 26.3 Å². The van der Waals surface area contributed by atoms with Crippen molar-refractivity contribution in [2.24, 2.45) is 5.73 Å². The number of carboxylic acid groups (broad SMARTS) is 1. The smallest absolute Gasteiger partial charge is 0.326 e. The predicted octanol–water partition coefficient (Wildman–Crippen LogP) is -1.25. The largest absolute Gasteiger partial charge is 0.480 e. The van der Waals surface area contributed by atoms with Crippen LogP contribution in [-0.4, -0.2) is 60.3 Å². The summed E-state index contributed by atoms with van der Waals surface area (Å²) in [4.78, 5) is 34.8. The molecule has 1 rings (SSSR count). The summed E-state index contributed by atoms with van der Waals surface area (Å²) in [5, 5.41) is 11.1. The highest BCUT2D eigenvalue weighted by Gasteiger charge is 2.25. The van der Waals surface area contributed by atoms with E-state index in [1.807, 2.05) is 0 Å². The fourth-order valence-electron chi connectivity index (χ4n) is 1.59. The minimum absolute atomic E-state index is 0.398. The van der Waals surface area contributed by atoms with E-state index in [1.165, 1.54) is 4.90 Å². The highest BCUT2D eigenvalue weighted by atomic mass is 16.5. The summed E-state index contributed by atoms with van der Waals surface area (Å²) in [6.07, 6.45) is 0.270. The minimum atomic E-state index is -1.29. The highest BCUT2D eigenvalue weighted by molar-refractivity contribution is 5.87. The van der Waals surface area contributed by atoms with Crippen molar-refractivity contribution in [3.05, 3.63) is 0 Å². The third kappa shape index (κ3) is 4.58. The monoisotopic (exact) mass is 259 g/mol. The number of hydrogen-bond acceptors (Lipinski definition) is 4. The van der Waals surface area contributed by atoms with Crippen LogP contribution in [0.15, 0.2) is 0 Å². The maximum Gasteiger partial charge on any atom is 0.326 e. The Morgan fingerprint density at radius 1 is 1.33 bits per heavy atom. The van der Waals surface area contributed by atoms with Crippen molar-refractivity contribution in [1.29, 1.82) is 0 Å². The Kier molecular flexibility index (Phi) is 5.37. The van der Waals surface area contributed by atoms with Gasteiger partial charge in [0, 0.05) is 19.7 Å². The Balaban J connectivity index is 2.53. The van der Waals surface area contributed by atoms with Crippen molar-refractivity contribution in [3.8, 4) is 0 Å². The number of nitrogens with one attached hydrogen (secondary N) is 1. The van der Waals surface area contributed by atoms with Gasteiger partial charge in [0.15, 0.2) is 0 Å². The fourth-order valence-corrected chi connectivity index (χ4v) is 1.59. The lowest BCUT2D eigenvalue weighted by Crippen LogP contribution is -2.49. The molecule has 1 fully saturated rings. The molecule has 4 N–H and O–H groups in total. The first-order valence-electron chi connectivity index (χ1n) is 5.65. The first kappa shape index (κ1) is 14.2. The molecule has 0 spiro atoms. The average Bonchev–Trinajstić information content (AvgIpc) is 2.55. The van der Waals surface area contributed by atoms with Gasteiger partial charge in [0.05, 0.1) is 13.0 Å². The molecule has 0 aliphatic carbocycles. The van der Waals surface area contributed by atoms with Crippen molar-refractivity contribution < 1.29 is 24.2 Å². The lowest BCUT2D eigenvalue weighted by atomic mass is 10.2. The second-order valence-electron chi connectivity index (χ2n) is 3.96. The molecule has 0 aromatic heterocycles. The number of rotatable bonds is 4. The van der Waals surface area contributed by atoms with Crippen LogP contribution in [0.4, 0.5) is 4.79 Å². The number of nitrogens with two attached hydrogens (primary N) is 1. The molecular formula is C10H17N3O5. The zero-order chi connectivity index (χ0) is 13.5. The van der Waals surface area contributed by atoms with E-state index in [0.717, 1.165) is 0 Å². The van der Waals surface area contributed by atoms with Crippen LogP contribution in [0.1, 0.15) is 12.8 Å². The maximum atomic E-state index is 11.8. The van der Waals surface area contributed by atoms with Gasteiger partial charge in [-0.1, -0.05) is 0 Å². The average molecular weight is 259 g/mol. The summed E-state index contributed by atoms with van der Waals surface area (Å²) in [6.45, 7) is 1.89. The Morgan fingerprint density at radius 2 is 2.06 bits per heavy atom. The van der Waals surface area contributed by atoms with Crippen LogP contribution < -0.4 is 11.1 Å². The Bertz CT molecular complexity index is 325. The second kappa shape index (κ2) is 6.80. The van der Waals surface area contributed by atoms with Crippen LogP contribution in [0.25, 0.3) is 0 Å². The lowest BCUT2D eigenvalue weighted by Gasteiger charge is -2.22. The van der Waals surface area contributed by atoms with Crippen LogP contribution in [0.2, 0.25) is 0 Å². The van der Waals surface area contributed by atoms with Crippen molar-refractivity contribution in [2.45, 2.75) is 18.9 Å². The van der Waals surface area contributed by atoms with Crippen LogP contribution in [0, 0.1) is 0 Å². The molecule has 0 aromatic carbocycles. The minimum Gasteiger partial charge on any atom is -0.480 e. The second-order valence-corrected chi connectivity index (χ2v) is 3.96. The van der Waals surface area contributed by atoms with Crippen LogP contribution in [-0.2, 0) is 14.3 Å². The van der Waals surface area contributed by atoms with Gasteiger partial charge < -0.3 is 25.8 Å². The number of carbonyl (C=O) groups excluding carboxylic acids is 2. The molecule has 0 aromatic rings. The summed E-state index contributed by atoms with van der Waals surface area (Å²) < 4.78 is 5.18. The van der Waals surface area contributed by atoms with E-state index in [2.05, 4.69) is 5.32 Å². The van der Waals surface area contributed by atoms with Gasteiger partial charge in [-0.05, 0) is 6.42 Å². The number of carbonyl (C=O) groups is 3. The van der Waals surface area contributed by atoms with Crippen molar-refractivity contribution in [3.63, 3.8) is 0 Å². The number of primary amides is 1. The van der Waals surface area contributed by atoms with Gasteiger partial charge in [-0.15, -0.1) is 0 Å². The van der Waals surface area contributed by atoms with Gasteiger partial charge in [0.1, 0.15) is 6.04 Å². The van der Waals surface area contributed by atoms with Gasteiger partial charge in [-0.25, -0.2) is 9.59 Å². The van der Waals surface area contributed by atoms with Gasteiger partial charge in [-0.3, -0.25) is 4.79 Å². The molecular weight excluding hydrogens is 242 g/mol. The number of ether oxygens (including phenoxy) is 1. The molecule has 1 aliphatic rings. The Morgan fingerprint density at radius 3 is 2.67 bits per heavy atom. The van der Waals surface area contributed by atoms with Gasteiger partial charge in [-0.2, -0.15) is 0 Å². The van der Waals surface area contributed by atoms with E-state index in [4.69, 9.17) is 15.6 Å². The topological polar surface area (TPSA) is 122 Å². The summed E-state index contributed by atoms with van der Waals surface area (Å²) >= 11 is 0. The predicted molar refractivity (Wildman–Crippen MR) is 60.8 cm³/mol. The molecule has 102 valence electrons. The molecule has 8 heteroatoms. The van der Waals surface area contributed by atoms with Gasteiger partial charge >= 0.3 is 12.0 Å². The number of aliphatic carboxylic acids is 1. The molecule has 1 atom stereocenters. The third-order valence-electron chi connectivity index (χ3n) is 2.51. The number of carboxylic acids is 1. The molecule has 0 bridgehead atoms. The molecule has 18 heavy (non-hydrogen) atoms. The molecule has 1 unspecified atom stereocenters. The van der Waals surface area contributed by atoms with Crippen LogP contribution in [0.3, 0.4) is 0 Å². The van der Waals surface area contributed by atoms with E-state index in [-0.39, 0.29) is 0 Å². The molecule has 1 saturated heterocycles. The highest BCUT2D eigenvalue weighted by Crippen LogP contribution is 2.01. The quantitative estimate of drug-likeness (QED) is 0.582. The first-order chi connectivity index (χ1) is 8.50. The van der Waals surface area contributed by atoms with E-state index < -0.39 is 30.4 Å². The maximum absolute atomic E-state index is 11.8. The SMILES string of the molecule is NC(=O)CC(NC(=O)N1CCCOCC1)C(=O)O. The molecule has 0 saturated carbocycles. The number of hydrogen-bond donors (Lipinski definition) is 3. The van der Waals surface area contributed by atoms with E-state index in [9.17, 15) is 14.4 Å².